The number of sulfonamides is 1. The molecule has 4 rings (SSSR count). The Balaban J connectivity index is 1.23. The van der Waals surface area contributed by atoms with Crippen LogP contribution in [0, 0.1) is 0 Å². The van der Waals surface area contributed by atoms with Gasteiger partial charge < -0.3 is 15.4 Å². The van der Waals surface area contributed by atoms with E-state index < -0.39 is 10.0 Å². The van der Waals surface area contributed by atoms with E-state index in [9.17, 15) is 13.2 Å². The number of hydrogen-bond acceptors (Lipinski definition) is 9. The summed E-state index contributed by atoms with van der Waals surface area (Å²) in [5.41, 5.74) is 0.560. The Morgan fingerprint density at radius 1 is 1.16 bits per heavy atom. The first kappa shape index (κ1) is 23.4. The molecular formula is C20H27N5O4S3. The number of nitrogens with zero attached hydrogens (tertiary/aromatic N) is 3. The molecule has 32 heavy (non-hydrogen) atoms. The highest BCUT2D eigenvalue weighted by Crippen LogP contribution is 2.26. The Kier molecular flexibility index (Phi) is 8.00. The number of anilines is 2. The summed E-state index contributed by atoms with van der Waals surface area (Å²) in [4.78, 5) is 12.5. The number of ether oxygens (including phenoxy) is 1. The predicted molar refractivity (Wildman–Crippen MR) is 126 cm³/mol. The standard InChI is InChI=1S/C20H27N5O4S3/c26-18(14-30-20-24-23-19(31-20)21-13-16-5-4-12-29-16)22-15-6-8-17(9-7-15)32(27,28)25-10-2-1-3-11-25/h6-9,16H,1-5,10-14H2,(H,21,23)(H,22,26). The number of nitrogens with one attached hydrogen (secondary N) is 2. The average Bonchev–Trinajstić information content (AvgIpc) is 3.49. The molecule has 174 valence electrons. The second-order valence-electron chi connectivity index (χ2n) is 7.72. The molecule has 1 aromatic carbocycles. The van der Waals surface area contributed by atoms with Crippen molar-refractivity contribution >= 4 is 49.8 Å². The molecule has 2 N–H and O–H groups in total. The number of carbonyl (C=O) groups is 1. The lowest BCUT2D eigenvalue weighted by molar-refractivity contribution is -0.113. The molecule has 3 heterocycles. The molecule has 0 radical (unpaired) electrons. The van der Waals surface area contributed by atoms with Gasteiger partial charge in [0.15, 0.2) is 4.34 Å². The number of carbonyl (C=O) groups excluding carboxylic acids is 1. The molecule has 0 spiro atoms. The Bertz CT molecular complexity index is 1000. The fourth-order valence-corrected chi connectivity index (χ4v) is 6.71. The maximum atomic E-state index is 12.7. The van der Waals surface area contributed by atoms with Crippen molar-refractivity contribution in [2.24, 2.45) is 0 Å². The van der Waals surface area contributed by atoms with Crippen molar-refractivity contribution in [1.82, 2.24) is 14.5 Å². The summed E-state index contributed by atoms with van der Waals surface area (Å²) < 4.78 is 33.2. The highest BCUT2D eigenvalue weighted by molar-refractivity contribution is 8.01. The SMILES string of the molecule is O=C(CSc1nnc(NCC2CCCO2)s1)Nc1ccc(S(=O)(=O)N2CCCCC2)cc1. The third kappa shape index (κ3) is 6.19. The van der Waals surface area contributed by atoms with Crippen LogP contribution in [0.3, 0.4) is 0 Å². The van der Waals surface area contributed by atoms with Crippen LogP contribution in [0.2, 0.25) is 0 Å². The summed E-state index contributed by atoms with van der Waals surface area (Å²) in [6.07, 6.45) is 5.23. The van der Waals surface area contributed by atoms with Gasteiger partial charge in [-0.1, -0.05) is 29.5 Å². The van der Waals surface area contributed by atoms with Gasteiger partial charge in [0.2, 0.25) is 21.1 Å². The summed E-state index contributed by atoms with van der Waals surface area (Å²) in [5.74, 6) is -0.000477. The Hall–Kier alpha value is -1.73. The Morgan fingerprint density at radius 2 is 1.94 bits per heavy atom. The largest absolute Gasteiger partial charge is 0.376 e. The van der Waals surface area contributed by atoms with Crippen molar-refractivity contribution in [1.29, 1.82) is 0 Å². The lowest BCUT2D eigenvalue weighted by Crippen LogP contribution is -2.35. The minimum absolute atomic E-state index is 0.189. The van der Waals surface area contributed by atoms with Gasteiger partial charge in [-0.3, -0.25) is 4.79 Å². The monoisotopic (exact) mass is 497 g/mol. The molecule has 12 heteroatoms. The number of piperidine rings is 1. The van der Waals surface area contributed by atoms with Crippen molar-refractivity contribution < 1.29 is 17.9 Å². The Labute approximate surface area is 196 Å². The minimum Gasteiger partial charge on any atom is -0.376 e. The zero-order valence-corrected chi connectivity index (χ0v) is 20.1. The molecule has 0 saturated carbocycles. The van der Waals surface area contributed by atoms with Gasteiger partial charge in [-0.05, 0) is 49.9 Å². The van der Waals surface area contributed by atoms with E-state index in [-0.39, 0.29) is 22.7 Å². The molecule has 1 atom stereocenters. The molecule has 0 aliphatic carbocycles. The lowest BCUT2D eigenvalue weighted by atomic mass is 10.2. The molecule has 2 aliphatic heterocycles. The lowest BCUT2D eigenvalue weighted by Gasteiger charge is -2.25. The van der Waals surface area contributed by atoms with Crippen molar-refractivity contribution in [3.05, 3.63) is 24.3 Å². The predicted octanol–water partition coefficient (Wildman–Crippen LogP) is 3.03. The molecule has 1 amide bonds. The van der Waals surface area contributed by atoms with Crippen molar-refractivity contribution in [2.75, 3.05) is 42.6 Å². The summed E-state index contributed by atoms with van der Waals surface area (Å²) in [5, 5.41) is 14.9. The third-order valence-corrected chi connectivity index (χ3v) is 9.26. The van der Waals surface area contributed by atoms with Crippen LogP contribution in [0.5, 0.6) is 0 Å². The van der Waals surface area contributed by atoms with Crippen LogP contribution in [-0.4, -0.2) is 66.9 Å². The molecule has 2 aliphatic rings. The first-order valence-electron chi connectivity index (χ1n) is 10.7. The van der Waals surface area contributed by atoms with Gasteiger partial charge in [0.05, 0.1) is 16.8 Å². The second-order valence-corrected chi connectivity index (χ2v) is 11.9. The van der Waals surface area contributed by atoms with E-state index in [4.69, 9.17) is 4.74 Å². The minimum atomic E-state index is -3.47. The molecule has 2 aromatic rings. The third-order valence-electron chi connectivity index (χ3n) is 5.33. The fraction of sp³-hybridized carbons (Fsp3) is 0.550. The number of benzene rings is 1. The van der Waals surface area contributed by atoms with Gasteiger partial charge in [0, 0.05) is 31.9 Å². The van der Waals surface area contributed by atoms with Crippen LogP contribution >= 0.6 is 23.1 Å². The van der Waals surface area contributed by atoms with E-state index in [0.29, 0.717) is 34.8 Å². The van der Waals surface area contributed by atoms with Crippen LogP contribution in [0.15, 0.2) is 33.5 Å². The molecule has 2 saturated heterocycles. The van der Waals surface area contributed by atoms with Crippen LogP contribution in [0.1, 0.15) is 32.1 Å². The Morgan fingerprint density at radius 3 is 2.66 bits per heavy atom. The molecule has 0 bridgehead atoms. The van der Waals surface area contributed by atoms with Crippen LogP contribution in [0.25, 0.3) is 0 Å². The molecule has 1 aromatic heterocycles. The maximum Gasteiger partial charge on any atom is 0.243 e. The van der Waals surface area contributed by atoms with E-state index in [2.05, 4.69) is 20.8 Å². The summed E-state index contributed by atoms with van der Waals surface area (Å²) >= 11 is 2.72. The highest BCUT2D eigenvalue weighted by atomic mass is 32.2. The summed E-state index contributed by atoms with van der Waals surface area (Å²) in [7, 11) is -3.47. The number of hydrogen-bond donors (Lipinski definition) is 2. The quantitative estimate of drug-likeness (QED) is 0.508. The molecule has 2 fully saturated rings. The number of rotatable bonds is 9. The fourth-order valence-electron chi connectivity index (χ4n) is 3.63. The van der Waals surface area contributed by atoms with Crippen molar-refractivity contribution in [3.63, 3.8) is 0 Å². The van der Waals surface area contributed by atoms with Crippen LogP contribution in [-0.2, 0) is 19.6 Å². The topological polar surface area (TPSA) is 114 Å². The normalized spacial score (nSPS) is 19.7. The number of amides is 1. The molecule has 1 unspecified atom stereocenters. The first-order chi connectivity index (χ1) is 15.5. The van der Waals surface area contributed by atoms with Crippen LogP contribution in [0.4, 0.5) is 10.8 Å². The summed E-state index contributed by atoms with van der Waals surface area (Å²) in [6.45, 7) is 2.66. The van der Waals surface area contributed by atoms with E-state index in [1.165, 1.54) is 27.4 Å². The zero-order valence-electron chi connectivity index (χ0n) is 17.7. The number of aromatic nitrogens is 2. The summed E-state index contributed by atoms with van der Waals surface area (Å²) in [6, 6.07) is 6.34. The van der Waals surface area contributed by atoms with Gasteiger partial charge in [0.25, 0.3) is 0 Å². The van der Waals surface area contributed by atoms with E-state index in [1.54, 1.807) is 24.3 Å². The van der Waals surface area contributed by atoms with Gasteiger partial charge in [-0.25, -0.2) is 8.42 Å². The molecule has 9 nitrogen and oxygen atoms in total. The van der Waals surface area contributed by atoms with Crippen LogP contribution < -0.4 is 10.6 Å². The van der Waals surface area contributed by atoms with E-state index in [0.717, 1.165) is 38.7 Å². The zero-order chi connectivity index (χ0) is 22.4. The molecular weight excluding hydrogens is 470 g/mol. The first-order valence-corrected chi connectivity index (χ1v) is 14.0. The van der Waals surface area contributed by atoms with Gasteiger partial charge in [-0.2, -0.15) is 4.31 Å². The van der Waals surface area contributed by atoms with Crippen molar-refractivity contribution in [2.45, 2.75) is 47.4 Å². The van der Waals surface area contributed by atoms with E-state index in [1.807, 2.05) is 0 Å². The van der Waals surface area contributed by atoms with Gasteiger partial charge in [-0.15, -0.1) is 10.2 Å². The average molecular weight is 498 g/mol. The van der Waals surface area contributed by atoms with Crippen molar-refractivity contribution in [3.8, 4) is 0 Å². The van der Waals surface area contributed by atoms with Gasteiger partial charge in [0.1, 0.15) is 0 Å². The van der Waals surface area contributed by atoms with E-state index >= 15 is 0 Å². The number of thioether (sulfide) groups is 1. The van der Waals surface area contributed by atoms with Gasteiger partial charge >= 0.3 is 0 Å². The maximum absolute atomic E-state index is 12.7. The highest BCUT2D eigenvalue weighted by Gasteiger charge is 2.25. The second kappa shape index (κ2) is 10.9. The smallest absolute Gasteiger partial charge is 0.243 e.